The summed E-state index contributed by atoms with van der Waals surface area (Å²) in [7, 11) is 0. The molecular weight excluding hydrogens is 156 g/mol. The Bertz CT molecular complexity index is 240. The van der Waals surface area contributed by atoms with Crippen LogP contribution in [0.25, 0.3) is 0 Å². The summed E-state index contributed by atoms with van der Waals surface area (Å²) in [5, 5.41) is 3.23. The van der Waals surface area contributed by atoms with Gasteiger partial charge in [0.25, 0.3) is 0 Å². The highest BCUT2D eigenvalue weighted by Gasteiger charge is 2.03. The minimum atomic E-state index is 0.526. The van der Waals surface area contributed by atoms with E-state index >= 15 is 0 Å². The molecule has 1 heterocycles. The summed E-state index contributed by atoms with van der Waals surface area (Å²) in [4.78, 5) is 8.16. The van der Waals surface area contributed by atoms with Gasteiger partial charge in [-0.05, 0) is 6.72 Å². The summed E-state index contributed by atoms with van der Waals surface area (Å²) in [6.45, 7) is 8.35. The highest BCUT2D eigenvalue weighted by atomic mass is 32.1. The first kappa shape index (κ1) is 8.40. The van der Waals surface area contributed by atoms with Gasteiger partial charge in [0, 0.05) is 11.3 Å². The predicted octanol–water partition coefficient (Wildman–Crippen LogP) is 2.47. The maximum absolute atomic E-state index is 4.38. The summed E-state index contributed by atoms with van der Waals surface area (Å²) in [6, 6.07) is 0. The number of aliphatic imine (C=N–C) groups is 1. The van der Waals surface area contributed by atoms with Gasteiger partial charge in [0.05, 0.1) is 17.2 Å². The van der Waals surface area contributed by atoms with Crippen LogP contribution in [0.2, 0.25) is 0 Å². The number of rotatable bonds is 3. The van der Waals surface area contributed by atoms with Crippen LogP contribution in [0.3, 0.4) is 0 Å². The summed E-state index contributed by atoms with van der Waals surface area (Å²) in [6.07, 6.45) is 0. The lowest BCUT2D eigenvalue weighted by molar-refractivity contribution is 0.838. The van der Waals surface area contributed by atoms with E-state index in [0.717, 1.165) is 5.69 Å². The van der Waals surface area contributed by atoms with Gasteiger partial charge in [0.1, 0.15) is 0 Å². The topological polar surface area (TPSA) is 25.2 Å². The Morgan fingerprint density at radius 3 is 2.91 bits per heavy atom. The molecule has 11 heavy (non-hydrogen) atoms. The molecule has 0 atom stereocenters. The van der Waals surface area contributed by atoms with E-state index in [9.17, 15) is 0 Å². The van der Waals surface area contributed by atoms with Crippen molar-refractivity contribution in [3.05, 3.63) is 16.1 Å². The molecule has 0 aliphatic rings. The Hall–Kier alpha value is -0.700. The second-order valence-electron chi connectivity index (χ2n) is 2.71. The zero-order valence-corrected chi connectivity index (χ0v) is 7.69. The Balaban J connectivity index is 2.73. The second kappa shape index (κ2) is 3.62. The molecule has 0 saturated heterocycles. The van der Waals surface area contributed by atoms with Gasteiger partial charge >= 0.3 is 0 Å². The van der Waals surface area contributed by atoms with Gasteiger partial charge in [-0.2, -0.15) is 0 Å². The second-order valence-corrected chi connectivity index (χ2v) is 3.60. The van der Waals surface area contributed by atoms with Gasteiger partial charge < -0.3 is 0 Å². The molecule has 0 saturated carbocycles. The molecule has 1 aromatic rings. The molecule has 1 aromatic heterocycles. The highest BCUT2D eigenvalue weighted by molar-refractivity contribution is 7.09. The van der Waals surface area contributed by atoms with Crippen molar-refractivity contribution in [3.63, 3.8) is 0 Å². The molecule has 0 aromatic carbocycles. The fourth-order valence-corrected chi connectivity index (χ4v) is 1.60. The van der Waals surface area contributed by atoms with E-state index in [4.69, 9.17) is 0 Å². The van der Waals surface area contributed by atoms with Gasteiger partial charge in [-0.3, -0.25) is 4.99 Å². The molecule has 1 rings (SSSR count). The quantitative estimate of drug-likeness (QED) is 0.636. The average molecular weight is 168 g/mol. The number of hydrogen-bond donors (Lipinski definition) is 0. The minimum Gasteiger partial charge on any atom is -0.295 e. The fourth-order valence-electron chi connectivity index (χ4n) is 0.775. The Morgan fingerprint density at radius 1 is 1.73 bits per heavy atom. The smallest absolute Gasteiger partial charge is 0.0954 e. The first-order valence-corrected chi connectivity index (χ1v) is 4.48. The molecule has 0 radical (unpaired) electrons. The molecule has 0 aliphatic heterocycles. The van der Waals surface area contributed by atoms with Crippen molar-refractivity contribution in [1.29, 1.82) is 0 Å². The molecule has 0 aliphatic carbocycles. The zero-order chi connectivity index (χ0) is 8.27. The van der Waals surface area contributed by atoms with Gasteiger partial charge in [0.15, 0.2) is 0 Å². The Kier molecular flexibility index (Phi) is 2.76. The first-order chi connectivity index (χ1) is 5.24. The molecule has 0 bridgehead atoms. The van der Waals surface area contributed by atoms with Gasteiger partial charge in [-0.15, -0.1) is 11.3 Å². The molecule has 0 spiro atoms. The average Bonchev–Trinajstić information content (AvgIpc) is 2.37. The Labute approximate surface area is 71.0 Å². The molecule has 0 amide bonds. The van der Waals surface area contributed by atoms with Crippen molar-refractivity contribution in [2.45, 2.75) is 26.3 Å². The van der Waals surface area contributed by atoms with E-state index < -0.39 is 0 Å². The van der Waals surface area contributed by atoms with Crippen LogP contribution in [0.15, 0.2) is 10.4 Å². The maximum Gasteiger partial charge on any atom is 0.0954 e. The van der Waals surface area contributed by atoms with E-state index in [1.165, 1.54) is 5.01 Å². The van der Waals surface area contributed by atoms with E-state index in [2.05, 4.69) is 30.5 Å². The fraction of sp³-hybridized carbons (Fsp3) is 0.500. The van der Waals surface area contributed by atoms with E-state index in [1.54, 1.807) is 11.3 Å². The third kappa shape index (κ3) is 2.12. The van der Waals surface area contributed by atoms with Crippen molar-refractivity contribution >= 4 is 18.1 Å². The van der Waals surface area contributed by atoms with Crippen LogP contribution in [0.5, 0.6) is 0 Å². The summed E-state index contributed by atoms with van der Waals surface area (Å²) >= 11 is 1.70. The maximum atomic E-state index is 4.38. The monoisotopic (exact) mass is 168 g/mol. The minimum absolute atomic E-state index is 0.526. The normalized spacial score (nSPS) is 10.5. The van der Waals surface area contributed by atoms with Gasteiger partial charge in [0.2, 0.25) is 0 Å². The molecule has 0 N–H and O–H groups in total. The number of thiazole rings is 1. The molecule has 0 fully saturated rings. The van der Waals surface area contributed by atoms with Gasteiger partial charge in [-0.1, -0.05) is 13.8 Å². The lowest BCUT2D eigenvalue weighted by Gasteiger charge is -1.95. The third-order valence-electron chi connectivity index (χ3n) is 1.34. The first-order valence-electron chi connectivity index (χ1n) is 3.61. The lowest BCUT2D eigenvalue weighted by Crippen LogP contribution is -1.86. The third-order valence-corrected chi connectivity index (χ3v) is 2.53. The molecule has 0 unspecified atom stereocenters. The van der Waals surface area contributed by atoms with Crippen molar-refractivity contribution in [1.82, 2.24) is 4.98 Å². The van der Waals surface area contributed by atoms with Crippen molar-refractivity contribution in [2.75, 3.05) is 0 Å². The van der Waals surface area contributed by atoms with Crippen LogP contribution in [0, 0.1) is 0 Å². The van der Waals surface area contributed by atoms with E-state index in [1.807, 2.05) is 5.38 Å². The van der Waals surface area contributed by atoms with E-state index in [-0.39, 0.29) is 0 Å². The highest BCUT2D eigenvalue weighted by Crippen LogP contribution is 2.19. The van der Waals surface area contributed by atoms with Crippen LogP contribution < -0.4 is 0 Å². The molecule has 60 valence electrons. The zero-order valence-electron chi connectivity index (χ0n) is 6.87. The standard InChI is InChI=1S/C8H12N2S/c1-6(2)8-10-7(4-9-3)5-11-8/h5-6H,3-4H2,1-2H3. The van der Waals surface area contributed by atoms with E-state index in [0.29, 0.717) is 12.5 Å². The summed E-state index contributed by atoms with van der Waals surface area (Å²) in [5.74, 6) is 0.526. The molecule has 3 heteroatoms. The number of nitrogens with zero attached hydrogens (tertiary/aromatic N) is 2. The Morgan fingerprint density at radius 2 is 2.45 bits per heavy atom. The number of hydrogen-bond acceptors (Lipinski definition) is 3. The van der Waals surface area contributed by atoms with Crippen LogP contribution >= 0.6 is 11.3 Å². The van der Waals surface area contributed by atoms with Gasteiger partial charge in [-0.25, -0.2) is 4.98 Å². The van der Waals surface area contributed by atoms with Crippen molar-refractivity contribution in [2.24, 2.45) is 4.99 Å². The van der Waals surface area contributed by atoms with Crippen molar-refractivity contribution < 1.29 is 0 Å². The summed E-state index contributed by atoms with van der Waals surface area (Å²) < 4.78 is 0. The predicted molar refractivity (Wildman–Crippen MR) is 49.5 cm³/mol. The summed E-state index contributed by atoms with van der Waals surface area (Å²) in [5.41, 5.74) is 1.04. The van der Waals surface area contributed by atoms with Crippen LogP contribution in [-0.2, 0) is 6.54 Å². The van der Waals surface area contributed by atoms with Crippen LogP contribution in [0.4, 0.5) is 0 Å². The van der Waals surface area contributed by atoms with Crippen molar-refractivity contribution in [3.8, 4) is 0 Å². The SMILES string of the molecule is C=NCc1csc(C(C)C)n1. The largest absolute Gasteiger partial charge is 0.295 e. The lowest BCUT2D eigenvalue weighted by atomic mass is 10.2. The van der Waals surface area contributed by atoms with Crippen LogP contribution in [0.1, 0.15) is 30.5 Å². The molecule has 2 nitrogen and oxygen atoms in total. The molecular formula is C8H12N2S. The van der Waals surface area contributed by atoms with Crippen LogP contribution in [-0.4, -0.2) is 11.7 Å². The number of aromatic nitrogens is 1.